The first-order valence-electron chi connectivity index (χ1n) is 6.33. The maximum absolute atomic E-state index is 5.45. The molecule has 3 nitrogen and oxygen atoms in total. The van der Waals surface area contributed by atoms with Gasteiger partial charge in [0, 0.05) is 24.7 Å². The standard InChI is InChI=1S/C12H26N2O/c1-4-11(5-2)14-10(3)8-12-9-15-7-6-13-12/h10-14H,4-9H2,1-3H3. The number of rotatable bonds is 6. The Balaban J connectivity index is 2.18. The minimum absolute atomic E-state index is 0.538. The number of nitrogens with one attached hydrogen (secondary N) is 2. The summed E-state index contributed by atoms with van der Waals surface area (Å²) >= 11 is 0. The highest BCUT2D eigenvalue weighted by atomic mass is 16.5. The Morgan fingerprint density at radius 1 is 1.40 bits per heavy atom. The molecular weight excluding hydrogens is 188 g/mol. The lowest BCUT2D eigenvalue weighted by molar-refractivity contribution is 0.0707. The van der Waals surface area contributed by atoms with Gasteiger partial charge in [0.1, 0.15) is 0 Å². The van der Waals surface area contributed by atoms with Gasteiger partial charge in [0.05, 0.1) is 13.2 Å². The number of hydrogen-bond donors (Lipinski definition) is 2. The SMILES string of the molecule is CCC(CC)NC(C)CC1COCCN1. The molecule has 0 aromatic rings. The topological polar surface area (TPSA) is 33.3 Å². The fourth-order valence-electron chi connectivity index (χ4n) is 2.19. The molecule has 2 atom stereocenters. The summed E-state index contributed by atoms with van der Waals surface area (Å²) in [5.41, 5.74) is 0. The van der Waals surface area contributed by atoms with E-state index in [1.165, 1.54) is 12.8 Å². The van der Waals surface area contributed by atoms with Gasteiger partial charge in [0.25, 0.3) is 0 Å². The number of ether oxygens (including phenoxy) is 1. The first kappa shape index (κ1) is 12.9. The van der Waals surface area contributed by atoms with Gasteiger partial charge >= 0.3 is 0 Å². The molecular formula is C12H26N2O. The molecule has 0 saturated carbocycles. The summed E-state index contributed by atoms with van der Waals surface area (Å²) in [4.78, 5) is 0. The molecule has 0 radical (unpaired) electrons. The van der Waals surface area contributed by atoms with Gasteiger partial charge in [0.15, 0.2) is 0 Å². The van der Waals surface area contributed by atoms with E-state index in [0.29, 0.717) is 18.1 Å². The third-order valence-electron chi connectivity index (χ3n) is 3.14. The van der Waals surface area contributed by atoms with Crippen LogP contribution in [0.25, 0.3) is 0 Å². The molecule has 0 bridgehead atoms. The van der Waals surface area contributed by atoms with Gasteiger partial charge in [-0.3, -0.25) is 0 Å². The van der Waals surface area contributed by atoms with Crippen molar-refractivity contribution in [2.24, 2.45) is 0 Å². The summed E-state index contributed by atoms with van der Waals surface area (Å²) in [5, 5.41) is 7.16. The molecule has 1 aliphatic heterocycles. The molecule has 1 rings (SSSR count). The first-order valence-corrected chi connectivity index (χ1v) is 6.33. The second kappa shape index (κ2) is 7.20. The minimum Gasteiger partial charge on any atom is -0.379 e. The molecule has 2 N–H and O–H groups in total. The van der Waals surface area contributed by atoms with Crippen LogP contribution in [0.3, 0.4) is 0 Å². The molecule has 0 aliphatic carbocycles. The van der Waals surface area contributed by atoms with Crippen molar-refractivity contribution in [3.8, 4) is 0 Å². The summed E-state index contributed by atoms with van der Waals surface area (Å²) in [6.45, 7) is 9.50. The minimum atomic E-state index is 0.538. The molecule has 3 heteroatoms. The lowest BCUT2D eigenvalue weighted by Crippen LogP contribution is -2.46. The predicted molar refractivity (Wildman–Crippen MR) is 64.2 cm³/mol. The average Bonchev–Trinajstić information content (AvgIpc) is 2.27. The van der Waals surface area contributed by atoms with Crippen molar-refractivity contribution in [1.82, 2.24) is 10.6 Å². The van der Waals surface area contributed by atoms with E-state index in [-0.39, 0.29) is 0 Å². The molecule has 1 saturated heterocycles. The Morgan fingerprint density at radius 2 is 2.13 bits per heavy atom. The normalized spacial score (nSPS) is 24.4. The fraction of sp³-hybridized carbons (Fsp3) is 1.00. The van der Waals surface area contributed by atoms with Crippen molar-refractivity contribution in [2.75, 3.05) is 19.8 Å². The van der Waals surface area contributed by atoms with Crippen LogP contribution in [0, 0.1) is 0 Å². The van der Waals surface area contributed by atoms with E-state index in [9.17, 15) is 0 Å². The van der Waals surface area contributed by atoms with Gasteiger partial charge in [0.2, 0.25) is 0 Å². The lowest BCUT2D eigenvalue weighted by Gasteiger charge is -2.28. The number of morpholine rings is 1. The molecule has 90 valence electrons. The van der Waals surface area contributed by atoms with E-state index >= 15 is 0 Å². The Kier molecular flexibility index (Phi) is 6.22. The van der Waals surface area contributed by atoms with E-state index in [1.54, 1.807) is 0 Å². The molecule has 0 amide bonds. The van der Waals surface area contributed by atoms with E-state index in [4.69, 9.17) is 4.74 Å². The van der Waals surface area contributed by atoms with Gasteiger partial charge in [-0.05, 0) is 26.2 Å². The van der Waals surface area contributed by atoms with Crippen molar-refractivity contribution >= 4 is 0 Å². The second-order valence-electron chi connectivity index (χ2n) is 4.54. The van der Waals surface area contributed by atoms with Gasteiger partial charge in [-0.2, -0.15) is 0 Å². The van der Waals surface area contributed by atoms with Crippen LogP contribution < -0.4 is 10.6 Å². The maximum Gasteiger partial charge on any atom is 0.0620 e. The fourth-order valence-corrected chi connectivity index (χ4v) is 2.19. The van der Waals surface area contributed by atoms with Gasteiger partial charge in [-0.1, -0.05) is 13.8 Å². The highest BCUT2D eigenvalue weighted by Gasteiger charge is 2.17. The van der Waals surface area contributed by atoms with Gasteiger partial charge < -0.3 is 15.4 Å². The van der Waals surface area contributed by atoms with Crippen LogP contribution in [-0.2, 0) is 4.74 Å². The lowest BCUT2D eigenvalue weighted by atomic mass is 10.1. The smallest absolute Gasteiger partial charge is 0.0620 e. The average molecular weight is 214 g/mol. The van der Waals surface area contributed by atoms with Crippen molar-refractivity contribution < 1.29 is 4.74 Å². The molecule has 0 aromatic heterocycles. The summed E-state index contributed by atoms with van der Waals surface area (Å²) in [6, 6.07) is 1.79. The highest BCUT2D eigenvalue weighted by molar-refractivity contribution is 4.77. The zero-order valence-corrected chi connectivity index (χ0v) is 10.4. The molecule has 0 aromatic carbocycles. The second-order valence-corrected chi connectivity index (χ2v) is 4.54. The Hall–Kier alpha value is -0.120. The zero-order chi connectivity index (χ0) is 11.1. The summed E-state index contributed by atoms with van der Waals surface area (Å²) in [5.74, 6) is 0. The van der Waals surface area contributed by atoms with Crippen molar-refractivity contribution in [3.05, 3.63) is 0 Å². The van der Waals surface area contributed by atoms with Crippen molar-refractivity contribution in [2.45, 2.75) is 58.2 Å². The van der Waals surface area contributed by atoms with E-state index in [1.807, 2.05) is 0 Å². The summed E-state index contributed by atoms with van der Waals surface area (Å²) in [7, 11) is 0. The largest absolute Gasteiger partial charge is 0.379 e. The van der Waals surface area contributed by atoms with Gasteiger partial charge in [-0.25, -0.2) is 0 Å². The molecule has 0 spiro atoms. The maximum atomic E-state index is 5.45. The Labute approximate surface area is 94.0 Å². The number of hydrogen-bond acceptors (Lipinski definition) is 3. The predicted octanol–water partition coefficient (Wildman–Crippen LogP) is 1.53. The molecule has 2 unspecified atom stereocenters. The zero-order valence-electron chi connectivity index (χ0n) is 10.4. The molecule has 1 fully saturated rings. The third kappa shape index (κ3) is 4.96. The van der Waals surface area contributed by atoms with Gasteiger partial charge in [-0.15, -0.1) is 0 Å². The highest BCUT2D eigenvalue weighted by Crippen LogP contribution is 2.05. The van der Waals surface area contributed by atoms with Crippen LogP contribution in [-0.4, -0.2) is 37.9 Å². The van der Waals surface area contributed by atoms with Crippen LogP contribution in [0.4, 0.5) is 0 Å². The molecule has 1 heterocycles. The van der Waals surface area contributed by atoms with E-state index < -0.39 is 0 Å². The van der Waals surface area contributed by atoms with Crippen LogP contribution in [0.5, 0.6) is 0 Å². The van der Waals surface area contributed by atoms with Crippen molar-refractivity contribution in [1.29, 1.82) is 0 Å². The van der Waals surface area contributed by atoms with Crippen LogP contribution in [0.15, 0.2) is 0 Å². The summed E-state index contributed by atoms with van der Waals surface area (Å²) < 4.78 is 5.45. The molecule has 1 aliphatic rings. The Bertz CT molecular complexity index is 154. The van der Waals surface area contributed by atoms with Crippen LogP contribution >= 0.6 is 0 Å². The quantitative estimate of drug-likeness (QED) is 0.703. The van der Waals surface area contributed by atoms with Crippen molar-refractivity contribution in [3.63, 3.8) is 0 Å². The van der Waals surface area contributed by atoms with E-state index in [2.05, 4.69) is 31.4 Å². The monoisotopic (exact) mass is 214 g/mol. The first-order chi connectivity index (χ1) is 7.26. The molecule has 15 heavy (non-hydrogen) atoms. The summed E-state index contributed by atoms with van der Waals surface area (Å²) in [6.07, 6.45) is 3.60. The van der Waals surface area contributed by atoms with Crippen LogP contribution in [0.2, 0.25) is 0 Å². The van der Waals surface area contributed by atoms with Crippen LogP contribution in [0.1, 0.15) is 40.0 Å². The third-order valence-corrected chi connectivity index (χ3v) is 3.14. The Morgan fingerprint density at radius 3 is 2.67 bits per heavy atom. The van der Waals surface area contributed by atoms with E-state index in [0.717, 1.165) is 26.2 Å².